The smallest absolute Gasteiger partial charge is 0.220 e. The number of amides is 1. The van der Waals surface area contributed by atoms with Crippen molar-refractivity contribution in [2.45, 2.75) is 249 Å². The van der Waals surface area contributed by atoms with Crippen molar-refractivity contribution in [3.05, 3.63) is 0 Å². The summed E-state index contributed by atoms with van der Waals surface area (Å²) < 4.78 is 11.2. The fourth-order valence-corrected chi connectivity index (χ4v) is 7.16. The SMILES string of the molecule is CCCCCCCCCCCCCCCCCCCCCC(=O)NC(COC1OC(CO)C(O)C(O)C1O)C(O)CCCCCCCCCCC. The van der Waals surface area contributed by atoms with E-state index in [4.69, 9.17) is 9.47 Å². The van der Waals surface area contributed by atoms with Crippen molar-refractivity contribution < 1.29 is 39.8 Å². The lowest BCUT2D eigenvalue weighted by Gasteiger charge is -2.40. The lowest BCUT2D eigenvalue weighted by molar-refractivity contribution is -0.302. The summed E-state index contributed by atoms with van der Waals surface area (Å²) in [5.41, 5.74) is 0. The number of ether oxygens (including phenoxy) is 2. The van der Waals surface area contributed by atoms with Crippen molar-refractivity contribution in [1.29, 1.82) is 0 Å². The molecule has 0 aliphatic carbocycles. The van der Waals surface area contributed by atoms with E-state index in [0.717, 1.165) is 38.5 Å². The van der Waals surface area contributed by atoms with Gasteiger partial charge in [-0.3, -0.25) is 4.79 Å². The molecule has 0 aromatic carbocycles. The molecule has 9 nitrogen and oxygen atoms in total. The van der Waals surface area contributed by atoms with E-state index in [0.29, 0.717) is 12.8 Å². The predicted molar refractivity (Wildman–Crippen MR) is 208 cm³/mol. The fourth-order valence-electron chi connectivity index (χ4n) is 7.16. The van der Waals surface area contributed by atoms with Crippen LogP contribution in [-0.2, 0) is 14.3 Å². The third kappa shape index (κ3) is 25.0. The quantitative estimate of drug-likeness (QED) is 0.0353. The summed E-state index contributed by atoms with van der Waals surface area (Å²) in [5.74, 6) is -0.143. The third-order valence-corrected chi connectivity index (χ3v) is 10.7. The van der Waals surface area contributed by atoms with E-state index in [-0.39, 0.29) is 12.5 Å². The number of carbonyl (C=O) groups excluding carboxylic acids is 1. The molecule has 1 fully saturated rings. The van der Waals surface area contributed by atoms with Crippen LogP contribution >= 0.6 is 0 Å². The number of rotatable bonds is 36. The Kier molecular flexibility index (Phi) is 31.9. The lowest BCUT2D eigenvalue weighted by Crippen LogP contribution is -2.60. The van der Waals surface area contributed by atoms with Gasteiger partial charge in [-0.05, 0) is 12.8 Å². The summed E-state index contributed by atoms with van der Waals surface area (Å²) >= 11 is 0. The molecule has 1 aliphatic rings. The molecular formula is C42H83NO8. The molecule has 304 valence electrons. The maximum absolute atomic E-state index is 12.9. The number of nitrogens with one attached hydrogen (secondary N) is 1. The fraction of sp³-hybridized carbons (Fsp3) is 0.976. The van der Waals surface area contributed by atoms with Gasteiger partial charge in [0.15, 0.2) is 6.29 Å². The van der Waals surface area contributed by atoms with Gasteiger partial charge in [0, 0.05) is 6.42 Å². The van der Waals surface area contributed by atoms with Gasteiger partial charge in [0.25, 0.3) is 0 Å². The van der Waals surface area contributed by atoms with Crippen molar-refractivity contribution in [1.82, 2.24) is 5.32 Å². The standard InChI is InChI=1S/C42H83NO8/c1-3-5-7-9-11-13-14-15-16-17-18-19-20-21-22-24-26-28-30-32-38(46)43-35(36(45)31-29-27-25-23-12-10-8-6-4-2)34-50-42-41(49)40(48)39(47)37(33-44)51-42/h35-37,39-42,44-45,47-49H,3-34H2,1-2H3,(H,43,46). The summed E-state index contributed by atoms with van der Waals surface area (Å²) in [6.07, 6.45) is 28.3. The minimum Gasteiger partial charge on any atom is -0.394 e. The first-order chi connectivity index (χ1) is 24.8. The molecule has 9 heteroatoms. The molecule has 1 rings (SSSR count). The van der Waals surface area contributed by atoms with Crippen LogP contribution in [0.3, 0.4) is 0 Å². The summed E-state index contributed by atoms with van der Waals surface area (Å²) in [6, 6.07) is -0.709. The number of hydrogen-bond donors (Lipinski definition) is 6. The highest BCUT2D eigenvalue weighted by atomic mass is 16.7. The van der Waals surface area contributed by atoms with Crippen molar-refractivity contribution in [3.63, 3.8) is 0 Å². The second-order valence-electron chi connectivity index (χ2n) is 15.5. The minimum absolute atomic E-state index is 0.133. The number of carbonyl (C=O) groups is 1. The molecule has 6 N–H and O–H groups in total. The van der Waals surface area contributed by atoms with E-state index in [9.17, 15) is 30.3 Å². The Bertz CT molecular complexity index is 771. The predicted octanol–water partition coefficient (Wildman–Crippen LogP) is 8.39. The van der Waals surface area contributed by atoms with Crippen LogP contribution in [-0.4, -0.2) is 87.5 Å². The van der Waals surface area contributed by atoms with Crippen molar-refractivity contribution in [2.24, 2.45) is 0 Å². The Labute approximate surface area is 313 Å². The molecule has 0 saturated carbocycles. The van der Waals surface area contributed by atoms with E-state index in [2.05, 4.69) is 19.2 Å². The first kappa shape index (κ1) is 48.2. The molecule has 0 aromatic heterocycles. The molecule has 0 bridgehead atoms. The number of aliphatic hydroxyl groups excluding tert-OH is 5. The average molecular weight is 730 g/mol. The number of aliphatic hydroxyl groups is 5. The molecule has 1 saturated heterocycles. The maximum Gasteiger partial charge on any atom is 0.220 e. The zero-order valence-electron chi connectivity index (χ0n) is 33.1. The van der Waals surface area contributed by atoms with Crippen LogP contribution in [0.1, 0.15) is 206 Å². The minimum atomic E-state index is -1.55. The highest BCUT2D eigenvalue weighted by Gasteiger charge is 2.44. The van der Waals surface area contributed by atoms with Gasteiger partial charge in [-0.15, -0.1) is 0 Å². The third-order valence-electron chi connectivity index (χ3n) is 10.7. The van der Waals surface area contributed by atoms with Crippen LogP contribution in [0.2, 0.25) is 0 Å². The molecular weight excluding hydrogens is 646 g/mol. The summed E-state index contributed by atoms with van der Waals surface area (Å²) in [4.78, 5) is 12.9. The molecule has 51 heavy (non-hydrogen) atoms. The van der Waals surface area contributed by atoms with Gasteiger partial charge in [0.2, 0.25) is 5.91 Å². The van der Waals surface area contributed by atoms with Crippen LogP contribution in [0, 0.1) is 0 Å². The zero-order valence-corrected chi connectivity index (χ0v) is 33.1. The number of hydrogen-bond acceptors (Lipinski definition) is 8. The molecule has 0 spiro atoms. The van der Waals surface area contributed by atoms with E-state index in [1.165, 1.54) is 141 Å². The lowest BCUT2D eigenvalue weighted by atomic mass is 9.99. The number of unbranched alkanes of at least 4 members (excludes halogenated alkanes) is 26. The molecule has 0 radical (unpaired) electrons. The molecule has 7 unspecified atom stereocenters. The van der Waals surface area contributed by atoms with Crippen molar-refractivity contribution in [3.8, 4) is 0 Å². The van der Waals surface area contributed by atoms with Gasteiger partial charge in [-0.1, -0.05) is 187 Å². The second-order valence-corrected chi connectivity index (χ2v) is 15.5. The van der Waals surface area contributed by atoms with E-state index >= 15 is 0 Å². The summed E-state index contributed by atoms with van der Waals surface area (Å²) in [7, 11) is 0. The maximum atomic E-state index is 12.9. The molecule has 0 aromatic rings. The van der Waals surface area contributed by atoms with Crippen molar-refractivity contribution >= 4 is 5.91 Å². The zero-order chi connectivity index (χ0) is 37.4. The first-order valence-electron chi connectivity index (χ1n) is 21.7. The van der Waals surface area contributed by atoms with Gasteiger partial charge in [0.05, 0.1) is 25.4 Å². The topological polar surface area (TPSA) is 149 Å². The van der Waals surface area contributed by atoms with Gasteiger partial charge in [-0.2, -0.15) is 0 Å². The van der Waals surface area contributed by atoms with Crippen LogP contribution in [0.25, 0.3) is 0 Å². The van der Waals surface area contributed by atoms with Gasteiger partial charge >= 0.3 is 0 Å². The monoisotopic (exact) mass is 730 g/mol. The van der Waals surface area contributed by atoms with Crippen LogP contribution in [0.5, 0.6) is 0 Å². The highest BCUT2D eigenvalue weighted by Crippen LogP contribution is 2.23. The Morgan fingerprint density at radius 1 is 0.588 bits per heavy atom. The van der Waals surface area contributed by atoms with Gasteiger partial charge in [0.1, 0.15) is 24.4 Å². The summed E-state index contributed by atoms with van der Waals surface area (Å²) in [5, 5.41) is 54.1. The molecule has 1 heterocycles. The van der Waals surface area contributed by atoms with Crippen LogP contribution in [0.4, 0.5) is 0 Å². The second kappa shape index (κ2) is 33.7. The Hall–Kier alpha value is -0.810. The van der Waals surface area contributed by atoms with Crippen molar-refractivity contribution in [2.75, 3.05) is 13.2 Å². The summed E-state index contributed by atoms with van der Waals surface area (Å²) in [6.45, 7) is 3.81. The van der Waals surface area contributed by atoms with Gasteiger partial charge < -0.3 is 40.3 Å². The normalized spacial score (nSPS) is 21.9. The Morgan fingerprint density at radius 2 is 0.980 bits per heavy atom. The Balaban J connectivity index is 2.27. The van der Waals surface area contributed by atoms with Gasteiger partial charge in [-0.25, -0.2) is 0 Å². The average Bonchev–Trinajstić information content (AvgIpc) is 3.13. The first-order valence-corrected chi connectivity index (χ1v) is 21.7. The van der Waals surface area contributed by atoms with E-state index < -0.39 is 49.5 Å². The van der Waals surface area contributed by atoms with Crippen LogP contribution < -0.4 is 5.32 Å². The largest absolute Gasteiger partial charge is 0.394 e. The Morgan fingerprint density at radius 3 is 1.39 bits per heavy atom. The molecule has 1 amide bonds. The molecule has 7 atom stereocenters. The highest BCUT2D eigenvalue weighted by molar-refractivity contribution is 5.76. The van der Waals surface area contributed by atoms with E-state index in [1.807, 2.05) is 0 Å². The van der Waals surface area contributed by atoms with E-state index in [1.54, 1.807) is 0 Å². The molecule has 1 aliphatic heterocycles. The van der Waals surface area contributed by atoms with Crippen LogP contribution in [0.15, 0.2) is 0 Å².